The molecule has 1 fully saturated rings. The first-order chi connectivity index (χ1) is 11.6. The summed E-state index contributed by atoms with van der Waals surface area (Å²) >= 11 is 12.3. The molecule has 0 amide bonds. The van der Waals surface area contributed by atoms with Gasteiger partial charge in [0.25, 0.3) is 0 Å². The predicted molar refractivity (Wildman–Crippen MR) is 103 cm³/mol. The second kappa shape index (κ2) is 6.40. The Morgan fingerprint density at radius 1 is 0.833 bits per heavy atom. The molecule has 1 N–H and O–H groups in total. The standard InChI is InChI=1S/C21H19Cl2N/c1-13-2-3-15-7-16(5-4-14(15)6-13)21-10-18(12-24-21)17-8-19(22)11-20(23)9-17/h2-9,11,18,21,24H,10,12H2,1H3/t18-,21-/m1/s1. The Hall–Kier alpha value is -1.54. The second-order valence-corrected chi connectivity index (χ2v) is 7.58. The number of halogens is 2. The predicted octanol–water partition coefficient (Wildman–Crippen LogP) is 6.27. The van der Waals surface area contributed by atoms with Crippen molar-refractivity contribution in [3.8, 4) is 0 Å². The second-order valence-electron chi connectivity index (χ2n) is 6.71. The van der Waals surface area contributed by atoms with Gasteiger partial charge in [-0.2, -0.15) is 0 Å². The molecule has 24 heavy (non-hydrogen) atoms. The van der Waals surface area contributed by atoms with Crippen LogP contribution in [0.25, 0.3) is 10.8 Å². The zero-order valence-electron chi connectivity index (χ0n) is 13.5. The first-order valence-corrected chi connectivity index (χ1v) is 9.04. The summed E-state index contributed by atoms with van der Waals surface area (Å²) in [6.45, 7) is 3.08. The monoisotopic (exact) mass is 355 g/mol. The Labute approximate surface area is 152 Å². The Kier molecular flexibility index (Phi) is 4.26. The molecule has 0 spiro atoms. The highest BCUT2D eigenvalue weighted by Gasteiger charge is 2.27. The van der Waals surface area contributed by atoms with Gasteiger partial charge in [0.2, 0.25) is 0 Å². The molecule has 0 saturated carbocycles. The molecule has 0 aromatic heterocycles. The van der Waals surface area contributed by atoms with Crippen molar-refractivity contribution < 1.29 is 0 Å². The quantitative estimate of drug-likeness (QED) is 0.570. The van der Waals surface area contributed by atoms with Gasteiger partial charge in [-0.05, 0) is 65.4 Å². The van der Waals surface area contributed by atoms with Crippen LogP contribution in [-0.4, -0.2) is 6.54 Å². The van der Waals surface area contributed by atoms with Gasteiger partial charge in [0, 0.05) is 22.6 Å². The Bertz CT molecular complexity index is 883. The zero-order valence-corrected chi connectivity index (χ0v) is 15.0. The lowest BCUT2D eigenvalue weighted by molar-refractivity contribution is 0.642. The minimum absolute atomic E-state index is 0.374. The van der Waals surface area contributed by atoms with E-state index in [0.29, 0.717) is 22.0 Å². The third-order valence-electron chi connectivity index (χ3n) is 4.91. The molecule has 1 heterocycles. The number of hydrogen-bond donors (Lipinski definition) is 1. The van der Waals surface area contributed by atoms with Gasteiger partial charge in [-0.3, -0.25) is 0 Å². The summed E-state index contributed by atoms with van der Waals surface area (Å²) in [5, 5.41) is 7.67. The van der Waals surface area contributed by atoms with Gasteiger partial charge in [-0.1, -0.05) is 59.1 Å². The Balaban J connectivity index is 1.59. The molecular weight excluding hydrogens is 337 g/mol. The number of fused-ring (bicyclic) bond motifs is 1. The fourth-order valence-corrected chi connectivity index (χ4v) is 4.20. The SMILES string of the molecule is Cc1ccc2cc([C@H]3C[C@@H](c4cc(Cl)cc(Cl)c4)CN3)ccc2c1. The van der Waals surface area contributed by atoms with Crippen LogP contribution in [0.15, 0.2) is 54.6 Å². The van der Waals surface area contributed by atoms with Crippen molar-refractivity contribution in [3.63, 3.8) is 0 Å². The van der Waals surface area contributed by atoms with Crippen LogP contribution in [0.4, 0.5) is 0 Å². The molecular formula is C21H19Cl2N. The maximum absolute atomic E-state index is 6.16. The first-order valence-electron chi connectivity index (χ1n) is 8.28. The van der Waals surface area contributed by atoms with Crippen molar-refractivity contribution in [2.24, 2.45) is 0 Å². The average molecular weight is 356 g/mol. The fraction of sp³-hybridized carbons (Fsp3) is 0.238. The molecule has 3 aromatic rings. The summed E-state index contributed by atoms with van der Waals surface area (Å²) in [6.07, 6.45) is 1.06. The lowest BCUT2D eigenvalue weighted by Gasteiger charge is -2.13. The highest BCUT2D eigenvalue weighted by atomic mass is 35.5. The molecule has 0 radical (unpaired) electrons. The number of aryl methyl sites for hydroxylation is 1. The molecule has 3 aromatic carbocycles. The zero-order chi connectivity index (χ0) is 16.7. The summed E-state index contributed by atoms with van der Waals surface area (Å²) in [6, 6.07) is 19.6. The highest BCUT2D eigenvalue weighted by Crippen LogP contribution is 2.36. The smallest absolute Gasteiger partial charge is 0.0423 e. The molecule has 1 saturated heterocycles. The summed E-state index contributed by atoms with van der Waals surface area (Å²) in [4.78, 5) is 0. The summed E-state index contributed by atoms with van der Waals surface area (Å²) in [5.41, 5.74) is 3.87. The van der Waals surface area contributed by atoms with Crippen molar-refractivity contribution >= 4 is 34.0 Å². The van der Waals surface area contributed by atoms with E-state index in [1.807, 2.05) is 12.1 Å². The van der Waals surface area contributed by atoms with E-state index in [-0.39, 0.29) is 0 Å². The topological polar surface area (TPSA) is 12.0 Å². The van der Waals surface area contributed by atoms with Crippen LogP contribution >= 0.6 is 23.2 Å². The van der Waals surface area contributed by atoms with Crippen molar-refractivity contribution in [1.29, 1.82) is 0 Å². The Morgan fingerprint density at radius 3 is 2.33 bits per heavy atom. The van der Waals surface area contributed by atoms with Crippen LogP contribution in [0.1, 0.15) is 35.1 Å². The van der Waals surface area contributed by atoms with Gasteiger partial charge in [-0.15, -0.1) is 0 Å². The van der Waals surface area contributed by atoms with E-state index in [1.54, 1.807) is 6.07 Å². The van der Waals surface area contributed by atoms with E-state index >= 15 is 0 Å². The number of rotatable bonds is 2. The molecule has 3 heteroatoms. The Morgan fingerprint density at radius 2 is 1.54 bits per heavy atom. The summed E-state index contributed by atoms with van der Waals surface area (Å²) in [5.74, 6) is 0.444. The summed E-state index contributed by atoms with van der Waals surface area (Å²) < 4.78 is 0. The van der Waals surface area contributed by atoms with E-state index < -0.39 is 0 Å². The fourth-order valence-electron chi connectivity index (χ4n) is 3.65. The molecule has 0 aliphatic carbocycles. The van der Waals surface area contributed by atoms with E-state index in [0.717, 1.165) is 13.0 Å². The van der Waals surface area contributed by atoms with Gasteiger partial charge in [-0.25, -0.2) is 0 Å². The van der Waals surface area contributed by atoms with Crippen LogP contribution in [-0.2, 0) is 0 Å². The highest BCUT2D eigenvalue weighted by molar-refractivity contribution is 6.34. The van der Waals surface area contributed by atoms with Gasteiger partial charge in [0.1, 0.15) is 0 Å². The third-order valence-corrected chi connectivity index (χ3v) is 5.35. The normalized spacial score (nSPS) is 20.6. The van der Waals surface area contributed by atoms with E-state index in [4.69, 9.17) is 23.2 Å². The molecule has 1 aliphatic rings. The molecule has 0 bridgehead atoms. The van der Waals surface area contributed by atoms with E-state index in [1.165, 1.54) is 27.5 Å². The van der Waals surface area contributed by atoms with Crippen molar-refractivity contribution in [1.82, 2.24) is 5.32 Å². The lowest BCUT2D eigenvalue weighted by Crippen LogP contribution is -2.13. The average Bonchev–Trinajstić information content (AvgIpc) is 3.03. The largest absolute Gasteiger partial charge is 0.309 e. The van der Waals surface area contributed by atoms with Gasteiger partial charge >= 0.3 is 0 Å². The molecule has 122 valence electrons. The number of nitrogens with one attached hydrogen (secondary N) is 1. The van der Waals surface area contributed by atoms with Crippen molar-refractivity contribution in [2.45, 2.75) is 25.3 Å². The number of benzene rings is 3. The van der Waals surface area contributed by atoms with Crippen LogP contribution in [0.5, 0.6) is 0 Å². The molecule has 1 aliphatic heterocycles. The lowest BCUT2D eigenvalue weighted by atomic mass is 9.93. The molecule has 2 atom stereocenters. The third kappa shape index (κ3) is 3.17. The molecule has 4 rings (SSSR count). The maximum Gasteiger partial charge on any atom is 0.0423 e. The van der Waals surface area contributed by atoms with Crippen LogP contribution < -0.4 is 5.32 Å². The van der Waals surface area contributed by atoms with Gasteiger partial charge < -0.3 is 5.32 Å². The number of hydrogen-bond acceptors (Lipinski definition) is 1. The van der Waals surface area contributed by atoms with Crippen LogP contribution in [0.3, 0.4) is 0 Å². The maximum atomic E-state index is 6.16. The van der Waals surface area contributed by atoms with Crippen LogP contribution in [0, 0.1) is 6.92 Å². The van der Waals surface area contributed by atoms with Gasteiger partial charge in [0.05, 0.1) is 0 Å². The first kappa shape index (κ1) is 16.0. The minimum atomic E-state index is 0.374. The molecule has 1 nitrogen and oxygen atoms in total. The minimum Gasteiger partial charge on any atom is -0.309 e. The van der Waals surface area contributed by atoms with Crippen molar-refractivity contribution in [2.75, 3.05) is 6.54 Å². The molecule has 0 unspecified atom stereocenters. The summed E-state index contributed by atoms with van der Waals surface area (Å²) in [7, 11) is 0. The van der Waals surface area contributed by atoms with E-state index in [2.05, 4.69) is 48.6 Å². The van der Waals surface area contributed by atoms with Crippen LogP contribution in [0.2, 0.25) is 10.0 Å². The van der Waals surface area contributed by atoms with Crippen molar-refractivity contribution in [3.05, 3.63) is 81.3 Å². The van der Waals surface area contributed by atoms with E-state index in [9.17, 15) is 0 Å². The van der Waals surface area contributed by atoms with Gasteiger partial charge in [0.15, 0.2) is 0 Å².